The van der Waals surface area contributed by atoms with Crippen molar-refractivity contribution in [3.8, 4) is 166 Å². The predicted octanol–water partition coefficient (Wildman–Crippen LogP) is -0.869. The van der Waals surface area contributed by atoms with E-state index in [4.69, 9.17) is 15.9 Å². The number of ether oxygens (including phenoxy) is 2. The topological polar surface area (TPSA) is 72.8 Å². The summed E-state index contributed by atoms with van der Waals surface area (Å²) in [5, 5.41) is 9.25. The van der Waals surface area contributed by atoms with Crippen LogP contribution in [0.15, 0.2) is 0 Å². The predicted molar refractivity (Wildman–Crippen MR) is 144 cm³/mol. The van der Waals surface area contributed by atoms with Crippen LogP contribution in [0.1, 0.15) is 6.92 Å². The fourth-order valence-electron chi connectivity index (χ4n) is 1.37. The molecular weight excluding hydrogens is 488 g/mol. The molecule has 0 rings (SSSR count). The van der Waals surface area contributed by atoms with Gasteiger partial charge in [0, 0.05) is 11.8 Å². The monoisotopic (exact) mass is 498 g/mol. The third kappa shape index (κ3) is 23.7. The molecule has 5 nitrogen and oxygen atoms in total. The zero-order valence-electron chi connectivity index (χ0n) is 20.1. The third-order valence-electron chi connectivity index (χ3n) is 2.72. The number of rotatable bonds is 4. The first kappa shape index (κ1) is 31.7. The Morgan fingerprint density at radius 1 is 0.590 bits per heavy atom. The summed E-state index contributed by atoms with van der Waals surface area (Å²) >= 11 is 0. The number of hydrogen-bond acceptors (Lipinski definition) is 5. The summed E-state index contributed by atoms with van der Waals surface area (Å²) in [4.78, 5) is 23.2. The first-order valence-electron chi connectivity index (χ1n) is 10.0. The van der Waals surface area contributed by atoms with Crippen molar-refractivity contribution in [1.29, 1.82) is 0 Å². The van der Waals surface area contributed by atoms with Crippen molar-refractivity contribution in [3.05, 3.63) is 0 Å². The van der Waals surface area contributed by atoms with Crippen molar-refractivity contribution < 1.29 is 24.2 Å². The molecule has 176 valence electrons. The van der Waals surface area contributed by atoms with Gasteiger partial charge in [0.05, 0.1) is 6.61 Å². The third-order valence-corrected chi connectivity index (χ3v) is 2.72. The van der Waals surface area contributed by atoms with E-state index < -0.39 is 31.3 Å². The van der Waals surface area contributed by atoms with Crippen LogP contribution in [-0.4, -0.2) is 36.4 Å². The molecule has 0 radical (unpaired) electrons. The molecule has 0 fully saturated rings. The maximum absolute atomic E-state index is 11.6. The summed E-state index contributed by atoms with van der Waals surface area (Å²) in [5.74, 6) is 61.7. The first-order valence-corrected chi connectivity index (χ1v) is 10.0. The Kier molecular flexibility index (Phi) is 20.6. The molecule has 0 aliphatic heterocycles. The Labute approximate surface area is 228 Å². The van der Waals surface area contributed by atoms with Crippen molar-refractivity contribution in [2.75, 3.05) is 13.2 Å². The van der Waals surface area contributed by atoms with Crippen molar-refractivity contribution in [2.45, 2.75) is 13.0 Å². The molecule has 0 heterocycles. The van der Waals surface area contributed by atoms with Gasteiger partial charge in [-0.15, -0.1) is 6.42 Å². The molecule has 0 aromatic heterocycles. The van der Waals surface area contributed by atoms with Crippen LogP contribution in [0.4, 0.5) is 0 Å². The van der Waals surface area contributed by atoms with Gasteiger partial charge >= 0.3 is 11.9 Å². The van der Waals surface area contributed by atoms with Gasteiger partial charge in [0.1, 0.15) is 6.61 Å². The lowest BCUT2D eigenvalue weighted by Crippen LogP contribution is -2.27. The Bertz CT molecular complexity index is 1850. The average Bonchev–Trinajstić information content (AvgIpc) is 2.94. The molecular formula is C34H10O5. The van der Waals surface area contributed by atoms with Gasteiger partial charge < -0.3 is 14.6 Å². The molecule has 0 saturated heterocycles. The highest BCUT2D eigenvalue weighted by molar-refractivity contribution is 5.90. The summed E-state index contributed by atoms with van der Waals surface area (Å²) in [5.41, 5.74) is 0. The number of carbonyl (C=O) groups is 2. The summed E-state index contributed by atoms with van der Waals surface area (Å²) in [7, 11) is 0. The zero-order valence-corrected chi connectivity index (χ0v) is 20.1. The van der Waals surface area contributed by atoms with E-state index >= 15 is 0 Å². The lowest BCUT2D eigenvalue weighted by molar-refractivity contribution is -0.153. The number of carbonyl (C=O) groups excluding carboxylic acids is 2. The molecule has 0 aromatic rings. The fraction of sp³-hybridized carbons (Fsp3) is 0.118. The smallest absolute Gasteiger partial charge is 0.385 e. The highest BCUT2D eigenvalue weighted by Gasteiger charge is 2.14. The van der Waals surface area contributed by atoms with E-state index in [9.17, 15) is 14.7 Å². The standard InChI is InChI=1S/C34H10O5/c1-3-5-7-9-11-13-15-17-19-20-22-24-26-28-33(36)38-31-32(30-35)39-34(37)29-27-25-23-21-18-16-14-12-10-8-6-4-2/h2,32,35H,30-31H2,1H3/t32-/m1/s1. The van der Waals surface area contributed by atoms with Gasteiger partial charge in [0.15, 0.2) is 6.10 Å². The van der Waals surface area contributed by atoms with Gasteiger partial charge in [-0.05, 0) is 149 Å². The molecule has 1 N–H and O–H groups in total. The van der Waals surface area contributed by atoms with E-state index in [1.165, 1.54) is 0 Å². The van der Waals surface area contributed by atoms with Crippen molar-refractivity contribution >= 4 is 11.9 Å². The highest BCUT2D eigenvalue weighted by atomic mass is 16.6. The van der Waals surface area contributed by atoms with Crippen molar-refractivity contribution in [1.82, 2.24) is 0 Å². The van der Waals surface area contributed by atoms with Crippen LogP contribution in [0.3, 0.4) is 0 Å². The minimum atomic E-state index is -1.16. The van der Waals surface area contributed by atoms with E-state index in [0.717, 1.165) is 0 Å². The normalized spacial score (nSPS) is 6.38. The maximum atomic E-state index is 11.6. The Hall–Kier alpha value is -7.26. The zero-order chi connectivity index (χ0) is 28.7. The summed E-state index contributed by atoms with van der Waals surface area (Å²) in [6.07, 6.45) is 3.76. The van der Waals surface area contributed by atoms with Gasteiger partial charge in [-0.1, -0.05) is 5.92 Å². The van der Waals surface area contributed by atoms with E-state index in [2.05, 4.69) is 160 Å². The van der Waals surface area contributed by atoms with Crippen LogP contribution in [0, 0.1) is 166 Å². The SMILES string of the molecule is C#CC#CC#CC#CC#CC#CC#CC(=O)O[C@H](CO)COC(=O)C#CC#CC#CC#CC#CC#CC#CC. The molecule has 0 amide bonds. The number of terminal acetylenes is 1. The van der Waals surface area contributed by atoms with Gasteiger partial charge in [-0.25, -0.2) is 9.59 Å². The van der Waals surface area contributed by atoms with Crippen molar-refractivity contribution in [3.63, 3.8) is 0 Å². The largest absolute Gasteiger partial charge is 0.452 e. The average molecular weight is 498 g/mol. The summed E-state index contributed by atoms with van der Waals surface area (Å²) in [6, 6.07) is 0. The minimum absolute atomic E-state index is 0.455. The Morgan fingerprint density at radius 2 is 0.949 bits per heavy atom. The van der Waals surface area contributed by atoms with Gasteiger partial charge in [-0.3, -0.25) is 0 Å². The molecule has 5 heteroatoms. The molecule has 1 atom stereocenters. The highest BCUT2D eigenvalue weighted by Crippen LogP contribution is 1.94. The Balaban J connectivity index is 4.60. The second-order valence-electron chi connectivity index (χ2n) is 5.33. The van der Waals surface area contributed by atoms with Crippen LogP contribution in [0.25, 0.3) is 0 Å². The van der Waals surface area contributed by atoms with E-state index in [1.807, 2.05) is 0 Å². The minimum Gasteiger partial charge on any atom is -0.452 e. The second-order valence-corrected chi connectivity index (χ2v) is 5.33. The van der Waals surface area contributed by atoms with E-state index in [0.29, 0.717) is 0 Å². The molecule has 0 spiro atoms. The number of hydrogen-bond donors (Lipinski definition) is 1. The van der Waals surface area contributed by atoms with Gasteiger partial charge in [0.25, 0.3) is 0 Å². The van der Waals surface area contributed by atoms with Crippen LogP contribution in [-0.2, 0) is 19.1 Å². The number of esters is 2. The number of aliphatic hydroxyl groups is 1. The van der Waals surface area contributed by atoms with Gasteiger partial charge in [0.2, 0.25) is 0 Å². The summed E-state index contributed by atoms with van der Waals surface area (Å²) < 4.78 is 9.61. The second kappa shape index (κ2) is 25.4. The van der Waals surface area contributed by atoms with Crippen LogP contribution in [0.5, 0.6) is 0 Å². The number of aliphatic hydroxyl groups excluding tert-OH is 1. The van der Waals surface area contributed by atoms with Crippen LogP contribution in [0.2, 0.25) is 0 Å². The van der Waals surface area contributed by atoms with Crippen LogP contribution >= 0.6 is 0 Å². The van der Waals surface area contributed by atoms with Crippen molar-refractivity contribution in [2.24, 2.45) is 0 Å². The Morgan fingerprint density at radius 3 is 1.33 bits per heavy atom. The molecule has 0 aliphatic rings. The molecule has 39 heavy (non-hydrogen) atoms. The lowest BCUT2D eigenvalue weighted by atomic mass is 10.4. The first-order chi connectivity index (χ1) is 19.1. The molecule has 0 aliphatic carbocycles. The molecule has 0 aromatic carbocycles. The quantitative estimate of drug-likeness (QED) is 0.310. The molecule has 0 unspecified atom stereocenters. The maximum Gasteiger partial charge on any atom is 0.385 e. The van der Waals surface area contributed by atoms with E-state index in [1.54, 1.807) is 6.92 Å². The lowest BCUT2D eigenvalue weighted by Gasteiger charge is -2.12. The van der Waals surface area contributed by atoms with Crippen LogP contribution < -0.4 is 0 Å². The summed E-state index contributed by atoms with van der Waals surface area (Å²) in [6.45, 7) is 0.582. The molecule has 0 bridgehead atoms. The molecule has 0 saturated carbocycles. The van der Waals surface area contributed by atoms with E-state index in [-0.39, 0.29) is 0 Å². The van der Waals surface area contributed by atoms with Gasteiger partial charge in [-0.2, -0.15) is 0 Å². The fourth-order valence-corrected chi connectivity index (χ4v) is 1.37.